The molecule has 0 atom stereocenters. The van der Waals surface area contributed by atoms with Gasteiger partial charge in [0.15, 0.2) is 5.16 Å². The van der Waals surface area contributed by atoms with E-state index in [-0.39, 0.29) is 11.3 Å². The standard InChI is InChI=1S/C10H8N4O4S/c1-5-7(14(17)18)2-6(9(15)16)3-8(5)19-10-11-4-12-13-10/h2-4H,1H3,(H,15,16)(H,11,12,13). The summed E-state index contributed by atoms with van der Waals surface area (Å²) < 4.78 is 0. The fraction of sp³-hybridized carbons (Fsp3) is 0.100. The SMILES string of the molecule is Cc1c(Sc2ncn[nH]2)cc(C(=O)O)cc1[N+](=O)[O-]. The molecule has 0 bridgehead atoms. The third kappa shape index (κ3) is 2.71. The van der Waals surface area contributed by atoms with E-state index in [1.54, 1.807) is 6.92 Å². The molecule has 0 spiro atoms. The maximum atomic E-state index is 11.0. The second-order valence-electron chi connectivity index (χ2n) is 3.57. The Morgan fingerprint density at radius 2 is 2.26 bits per heavy atom. The van der Waals surface area contributed by atoms with E-state index in [0.717, 1.165) is 17.8 Å². The van der Waals surface area contributed by atoms with E-state index < -0.39 is 10.9 Å². The Morgan fingerprint density at radius 3 is 2.79 bits per heavy atom. The Morgan fingerprint density at radius 1 is 1.53 bits per heavy atom. The molecule has 9 heteroatoms. The number of carboxylic acids is 1. The number of benzene rings is 1. The van der Waals surface area contributed by atoms with Crippen LogP contribution in [-0.4, -0.2) is 31.2 Å². The summed E-state index contributed by atoms with van der Waals surface area (Å²) >= 11 is 1.09. The highest BCUT2D eigenvalue weighted by atomic mass is 32.2. The number of carbonyl (C=O) groups is 1. The maximum Gasteiger partial charge on any atom is 0.335 e. The van der Waals surface area contributed by atoms with E-state index in [0.29, 0.717) is 15.6 Å². The van der Waals surface area contributed by atoms with Gasteiger partial charge in [-0.25, -0.2) is 9.78 Å². The first-order chi connectivity index (χ1) is 8.99. The molecule has 98 valence electrons. The molecule has 0 amide bonds. The van der Waals surface area contributed by atoms with E-state index in [9.17, 15) is 14.9 Å². The average molecular weight is 280 g/mol. The van der Waals surface area contributed by atoms with Crippen molar-refractivity contribution in [1.29, 1.82) is 0 Å². The van der Waals surface area contributed by atoms with Crippen molar-refractivity contribution in [1.82, 2.24) is 15.2 Å². The minimum absolute atomic E-state index is 0.140. The van der Waals surface area contributed by atoms with Crippen molar-refractivity contribution in [3.63, 3.8) is 0 Å². The topological polar surface area (TPSA) is 122 Å². The first-order valence-corrected chi connectivity index (χ1v) is 5.86. The van der Waals surface area contributed by atoms with Gasteiger partial charge in [0.25, 0.3) is 5.69 Å². The van der Waals surface area contributed by atoms with Crippen LogP contribution < -0.4 is 0 Å². The summed E-state index contributed by atoms with van der Waals surface area (Å²) in [6.45, 7) is 1.56. The minimum Gasteiger partial charge on any atom is -0.478 e. The van der Waals surface area contributed by atoms with Gasteiger partial charge in [-0.05, 0) is 24.8 Å². The Labute approximate surface area is 111 Å². The highest BCUT2D eigenvalue weighted by molar-refractivity contribution is 7.99. The van der Waals surface area contributed by atoms with Crippen LogP contribution in [0.5, 0.6) is 0 Å². The van der Waals surface area contributed by atoms with Crippen LogP contribution in [0.4, 0.5) is 5.69 Å². The van der Waals surface area contributed by atoms with Crippen LogP contribution in [0.25, 0.3) is 0 Å². The summed E-state index contributed by atoms with van der Waals surface area (Å²) in [5.41, 5.74) is 0.0117. The molecule has 19 heavy (non-hydrogen) atoms. The summed E-state index contributed by atoms with van der Waals surface area (Å²) in [5.74, 6) is -1.22. The van der Waals surface area contributed by atoms with Crippen molar-refractivity contribution in [2.45, 2.75) is 17.0 Å². The summed E-state index contributed by atoms with van der Waals surface area (Å²) in [6.07, 6.45) is 1.30. The number of nitrogens with zero attached hydrogens (tertiary/aromatic N) is 3. The smallest absolute Gasteiger partial charge is 0.335 e. The van der Waals surface area contributed by atoms with Crippen molar-refractivity contribution < 1.29 is 14.8 Å². The van der Waals surface area contributed by atoms with Crippen LogP contribution in [-0.2, 0) is 0 Å². The van der Waals surface area contributed by atoms with Crippen LogP contribution >= 0.6 is 11.8 Å². The fourth-order valence-corrected chi connectivity index (χ4v) is 2.29. The zero-order valence-electron chi connectivity index (χ0n) is 9.65. The third-order valence-electron chi connectivity index (χ3n) is 2.38. The highest BCUT2D eigenvalue weighted by Crippen LogP contribution is 2.33. The van der Waals surface area contributed by atoms with E-state index in [1.807, 2.05) is 0 Å². The van der Waals surface area contributed by atoms with Gasteiger partial charge in [-0.1, -0.05) is 0 Å². The van der Waals surface area contributed by atoms with Crippen molar-refractivity contribution in [2.24, 2.45) is 0 Å². The van der Waals surface area contributed by atoms with Gasteiger partial charge in [-0.15, -0.1) is 0 Å². The van der Waals surface area contributed by atoms with Crippen molar-refractivity contribution in [3.05, 3.63) is 39.7 Å². The Kier molecular flexibility index (Phi) is 3.47. The van der Waals surface area contributed by atoms with Crippen LogP contribution in [0.2, 0.25) is 0 Å². The molecular formula is C10H8N4O4S. The molecule has 2 rings (SSSR count). The lowest BCUT2D eigenvalue weighted by Crippen LogP contribution is -2.01. The van der Waals surface area contributed by atoms with Crippen LogP contribution in [0.3, 0.4) is 0 Å². The number of rotatable bonds is 4. The van der Waals surface area contributed by atoms with Gasteiger partial charge in [0, 0.05) is 16.5 Å². The van der Waals surface area contributed by atoms with E-state index in [1.165, 1.54) is 12.4 Å². The second-order valence-corrected chi connectivity index (χ2v) is 4.60. The lowest BCUT2D eigenvalue weighted by molar-refractivity contribution is -0.385. The van der Waals surface area contributed by atoms with Crippen molar-refractivity contribution in [3.8, 4) is 0 Å². The number of H-pyrrole nitrogens is 1. The number of nitro groups is 1. The Bertz CT molecular complexity index is 641. The predicted octanol–water partition coefficient (Wildman–Crippen LogP) is 1.87. The van der Waals surface area contributed by atoms with Gasteiger partial charge < -0.3 is 5.11 Å². The van der Waals surface area contributed by atoms with Gasteiger partial charge in [0.2, 0.25) is 0 Å². The largest absolute Gasteiger partial charge is 0.478 e. The van der Waals surface area contributed by atoms with E-state index >= 15 is 0 Å². The molecule has 8 nitrogen and oxygen atoms in total. The molecule has 1 aromatic carbocycles. The molecule has 1 aromatic heterocycles. The quantitative estimate of drug-likeness (QED) is 0.647. The molecule has 0 radical (unpaired) electrons. The zero-order valence-corrected chi connectivity index (χ0v) is 10.5. The number of carboxylic acid groups (broad SMARTS) is 1. The van der Waals surface area contributed by atoms with Crippen LogP contribution in [0.1, 0.15) is 15.9 Å². The Balaban J connectivity index is 2.52. The normalized spacial score (nSPS) is 10.4. The Hall–Kier alpha value is -2.42. The fourth-order valence-electron chi connectivity index (χ4n) is 1.44. The van der Waals surface area contributed by atoms with Gasteiger partial charge in [-0.3, -0.25) is 15.2 Å². The predicted molar refractivity (Wildman–Crippen MR) is 65.3 cm³/mol. The van der Waals surface area contributed by atoms with Gasteiger partial charge in [0.05, 0.1) is 10.5 Å². The number of aromatic nitrogens is 3. The number of aromatic amines is 1. The van der Waals surface area contributed by atoms with Crippen LogP contribution in [0.15, 0.2) is 28.5 Å². The lowest BCUT2D eigenvalue weighted by atomic mass is 10.1. The number of hydrogen-bond acceptors (Lipinski definition) is 6. The molecular weight excluding hydrogens is 272 g/mol. The molecule has 0 saturated heterocycles. The molecule has 0 fully saturated rings. The van der Waals surface area contributed by atoms with E-state index in [2.05, 4.69) is 15.2 Å². The lowest BCUT2D eigenvalue weighted by Gasteiger charge is -2.06. The molecule has 2 N–H and O–H groups in total. The molecule has 0 aliphatic heterocycles. The summed E-state index contributed by atoms with van der Waals surface area (Å²) in [5, 5.41) is 26.6. The zero-order chi connectivity index (χ0) is 14.0. The highest BCUT2D eigenvalue weighted by Gasteiger charge is 2.20. The molecule has 0 aliphatic carbocycles. The van der Waals surface area contributed by atoms with E-state index in [4.69, 9.17) is 5.11 Å². The first-order valence-electron chi connectivity index (χ1n) is 5.04. The average Bonchev–Trinajstić information content (AvgIpc) is 2.83. The number of nitrogens with one attached hydrogen (secondary N) is 1. The summed E-state index contributed by atoms with van der Waals surface area (Å²) in [4.78, 5) is 25.6. The van der Waals surface area contributed by atoms with Crippen LogP contribution in [0, 0.1) is 17.0 Å². The number of nitro benzene ring substituents is 1. The molecule has 0 saturated carbocycles. The third-order valence-corrected chi connectivity index (χ3v) is 3.41. The minimum atomic E-state index is -1.22. The van der Waals surface area contributed by atoms with Gasteiger partial charge >= 0.3 is 5.97 Å². The molecule has 0 unspecified atom stereocenters. The summed E-state index contributed by atoms with van der Waals surface area (Å²) in [6, 6.07) is 2.42. The van der Waals surface area contributed by atoms with Gasteiger partial charge in [-0.2, -0.15) is 5.10 Å². The van der Waals surface area contributed by atoms with Crippen molar-refractivity contribution in [2.75, 3.05) is 0 Å². The summed E-state index contributed by atoms with van der Waals surface area (Å²) in [7, 11) is 0. The first kappa shape index (κ1) is 13.0. The number of hydrogen-bond donors (Lipinski definition) is 2. The molecule has 2 aromatic rings. The van der Waals surface area contributed by atoms with Gasteiger partial charge in [0.1, 0.15) is 6.33 Å². The number of aromatic carboxylic acids is 1. The second kappa shape index (κ2) is 5.06. The van der Waals surface area contributed by atoms with Crippen molar-refractivity contribution >= 4 is 23.4 Å². The molecule has 1 heterocycles. The molecule has 0 aliphatic rings. The maximum absolute atomic E-state index is 11.0. The monoisotopic (exact) mass is 280 g/mol.